The highest BCUT2D eigenvalue weighted by Crippen LogP contribution is 2.32. The Morgan fingerprint density at radius 3 is 2.65 bits per heavy atom. The molecule has 124 valence electrons. The second-order valence-electron chi connectivity index (χ2n) is 5.62. The van der Waals surface area contributed by atoms with E-state index >= 15 is 0 Å². The van der Waals surface area contributed by atoms with Crippen LogP contribution in [-0.4, -0.2) is 40.6 Å². The standard InChI is InChI=1S/C15H19N3O5/c1-8(2)15(3)13(19)17-12(18-15)11(22-4)10-9(23-14(20)21)6-5-7-16-10/h5-8,11H,1-4H3,(H,20,21)(H,17,18,19). The lowest BCUT2D eigenvalue weighted by atomic mass is 9.89. The van der Waals surface area contributed by atoms with Crippen LogP contribution in [0, 0.1) is 5.92 Å². The number of pyridine rings is 1. The van der Waals surface area contributed by atoms with Gasteiger partial charge in [-0.1, -0.05) is 13.8 Å². The molecule has 1 aromatic rings. The molecule has 8 heteroatoms. The minimum absolute atomic E-state index is 0.0176. The van der Waals surface area contributed by atoms with Crippen LogP contribution in [0.3, 0.4) is 0 Å². The van der Waals surface area contributed by atoms with Gasteiger partial charge in [-0.2, -0.15) is 0 Å². The molecule has 0 fully saturated rings. The maximum absolute atomic E-state index is 12.2. The van der Waals surface area contributed by atoms with Crippen LogP contribution < -0.4 is 10.1 Å². The minimum atomic E-state index is -1.46. The number of aliphatic imine (C=N–C) groups is 1. The van der Waals surface area contributed by atoms with Crippen molar-refractivity contribution >= 4 is 17.9 Å². The van der Waals surface area contributed by atoms with E-state index in [0.29, 0.717) is 0 Å². The summed E-state index contributed by atoms with van der Waals surface area (Å²) < 4.78 is 10.1. The van der Waals surface area contributed by atoms with Gasteiger partial charge in [-0.3, -0.25) is 14.8 Å². The van der Waals surface area contributed by atoms with Gasteiger partial charge in [0.2, 0.25) is 0 Å². The van der Waals surface area contributed by atoms with Crippen LogP contribution in [0.1, 0.15) is 32.6 Å². The second-order valence-corrected chi connectivity index (χ2v) is 5.62. The maximum Gasteiger partial charge on any atom is 0.511 e. The zero-order chi connectivity index (χ0) is 17.2. The highest BCUT2D eigenvalue weighted by molar-refractivity contribution is 6.10. The molecule has 1 aliphatic rings. The summed E-state index contributed by atoms with van der Waals surface area (Å²) in [5.41, 5.74) is -0.682. The Morgan fingerprint density at radius 2 is 2.13 bits per heavy atom. The number of nitrogens with zero attached hydrogens (tertiary/aromatic N) is 2. The number of aromatic nitrogens is 1. The molecule has 1 aromatic heterocycles. The molecule has 2 unspecified atom stereocenters. The summed E-state index contributed by atoms with van der Waals surface area (Å²) in [5, 5.41) is 11.5. The van der Waals surface area contributed by atoms with Crippen molar-refractivity contribution in [3.05, 3.63) is 24.0 Å². The molecule has 0 spiro atoms. The van der Waals surface area contributed by atoms with Crippen LogP contribution in [0.25, 0.3) is 0 Å². The van der Waals surface area contributed by atoms with Gasteiger partial charge >= 0.3 is 6.16 Å². The van der Waals surface area contributed by atoms with Crippen LogP contribution >= 0.6 is 0 Å². The molecular weight excluding hydrogens is 302 g/mol. The van der Waals surface area contributed by atoms with Crippen LogP contribution in [0.5, 0.6) is 5.75 Å². The van der Waals surface area contributed by atoms with E-state index < -0.39 is 17.8 Å². The molecular formula is C15H19N3O5. The van der Waals surface area contributed by atoms with Gasteiger partial charge in [0.1, 0.15) is 17.1 Å². The normalized spacial score (nSPS) is 21.8. The van der Waals surface area contributed by atoms with Crippen molar-refractivity contribution < 1.29 is 24.2 Å². The summed E-state index contributed by atoms with van der Waals surface area (Å²) in [7, 11) is 1.42. The molecule has 23 heavy (non-hydrogen) atoms. The summed E-state index contributed by atoms with van der Waals surface area (Å²) >= 11 is 0. The highest BCUT2D eigenvalue weighted by atomic mass is 16.7. The fraction of sp³-hybridized carbons (Fsp3) is 0.467. The van der Waals surface area contributed by atoms with Crippen molar-refractivity contribution in [3.8, 4) is 5.75 Å². The van der Waals surface area contributed by atoms with E-state index in [-0.39, 0.29) is 29.1 Å². The highest BCUT2D eigenvalue weighted by Gasteiger charge is 2.44. The number of amides is 1. The lowest BCUT2D eigenvalue weighted by molar-refractivity contribution is -0.124. The van der Waals surface area contributed by atoms with E-state index in [1.54, 1.807) is 13.0 Å². The lowest BCUT2D eigenvalue weighted by Gasteiger charge is -2.21. The summed E-state index contributed by atoms with van der Waals surface area (Å²) in [6, 6.07) is 3.00. The van der Waals surface area contributed by atoms with Crippen LogP contribution in [0.2, 0.25) is 0 Å². The number of carbonyl (C=O) groups is 2. The molecule has 2 heterocycles. The fourth-order valence-corrected chi connectivity index (χ4v) is 2.22. The number of methoxy groups -OCH3 is 1. The first kappa shape index (κ1) is 16.9. The van der Waals surface area contributed by atoms with Gasteiger partial charge < -0.3 is 19.9 Å². The van der Waals surface area contributed by atoms with E-state index in [0.717, 1.165) is 0 Å². The molecule has 2 atom stereocenters. The van der Waals surface area contributed by atoms with E-state index in [1.807, 2.05) is 13.8 Å². The predicted molar refractivity (Wildman–Crippen MR) is 81.5 cm³/mol. The minimum Gasteiger partial charge on any atom is -0.449 e. The quantitative estimate of drug-likeness (QED) is 0.800. The van der Waals surface area contributed by atoms with Crippen molar-refractivity contribution in [3.63, 3.8) is 0 Å². The molecule has 1 amide bonds. The SMILES string of the molecule is COC(C1=NC(C)(C(C)C)C(=O)N1)c1ncccc1OC(=O)O. The lowest BCUT2D eigenvalue weighted by Crippen LogP contribution is -2.41. The van der Waals surface area contributed by atoms with Gasteiger partial charge in [-0.25, -0.2) is 4.79 Å². The van der Waals surface area contributed by atoms with E-state index in [4.69, 9.17) is 14.6 Å². The number of hydrogen-bond donors (Lipinski definition) is 2. The third-order valence-electron chi connectivity index (χ3n) is 3.91. The van der Waals surface area contributed by atoms with Gasteiger partial charge in [-0.05, 0) is 25.0 Å². The van der Waals surface area contributed by atoms with Gasteiger partial charge in [-0.15, -0.1) is 0 Å². The average molecular weight is 321 g/mol. The Labute approximate surface area is 133 Å². The van der Waals surface area contributed by atoms with Crippen LogP contribution in [0.4, 0.5) is 4.79 Å². The third-order valence-corrected chi connectivity index (χ3v) is 3.91. The Balaban J connectivity index is 2.42. The Bertz CT molecular complexity index is 658. The van der Waals surface area contributed by atoms with Crippen molar-refractivity contribution in [1.82, 2.24) is 10.3 Å². The number of rotatable bonds is 5. The molecule has 0 bridgehead atoms. The van der Waals surface area contributed by atoms with Crippen molar-refractivity contribution in [2.45, 2.75) is 32.4 Å². The molecule has 0 aromatic carbocycles. The molecule has 0 saturated heterocycles. The topological polar surface area (TPSA) is 110 Å². The number of hydrogen-bond acceptors (Lipinski definition) is 6. The van der Waals surface area contributed by atoms with Crippen LogP contribution in [0.15, 0.2) is 23.3 Å². The zero-order valence-electron chi connectivity index (χ0n) is 13.4. The zero-order valence-corrected chi connectivity index (χ0v) is 13.4. The Hall–Kier alpha value is -2.48. The number of amidine groups is 1. The molecule has 2 N–H and O–H groups in total. The largest absolute Gasteiger partial charge is 0.511 e. The Kier molecular flexibility index (Phi) is 4.65. The second kappa shape index (κ2) is 6.33. The van der Waals surface area contributed by atoms with Crippen LogP contribution in [-0.2, 0) is 9.53 Å². The number of nitrogens with one attached hydrogen (secondary N) is 1. The van der Waals surface area contributed by atoms with Gasteiger partial charge in [0, 0.05) is 13.3 Å². The molecule has 0 saturated carbocycles. The van der Waals surface area contributed by atoms with Crippen molar-refractivity contribution in [2.24, 2.45) is 10.9 Å². The molecule has 8 nitrogen and oxygen atoms in total. The first-order valence-electron chi connectivity index (χ1n) is 7.09. The predicted octanol–water partition coefficient (Wildman–Crippen LogP) is 1.77. The first-order chi connectivity index (χ1) is 10.8. The average Bonchev–Trinajstić information content (AvgIpc) is 2.78. The summed E-state index contributed by atoms with van der Waals surface area (Å²) in [6.45, 7) is 5.53. The summed E-state index contributed by atoms with van der Waals surface area (Å²) in [5.74, 6) is 0.0572. The third kappa shape index (κ3) is 3.16. The van der Waals surface area contributed by atoms with Crippen molar-refractivity contribution in [2.75, 3.05) is 7.11 Å². The molecule has 2 rings (SSSR count). The van der Waals surface area contributed by atoms with E-state index in [1.165, 1.54) is 19.4 Å². The van der Waals surface area contributed by atoms with Gasteiger partial charge in [0.05, 0.1) is 0 Å². The molecule has 1 aliphatic heterocycles. The van der Waals surface area contributed by atoms with E-state index in [9.17, 15) is 9.59 Å². The number of carbonyl (C=O) groups excluding carboxylic acids is 1. The van der Waals surface area contributed by atoms with Crippen molar-refractivity contribution in [1.29, 1.82) is 0 Å². The number of carboxylic acid groups (broad SMARTS) is 1. The van der Waals surface area contributed by atoms with Gasteiger partial charge in [0.25, 0.3) is 5.91 Å². The maximum atomic E-state index is 12.2. The summed E-state index contributed by atoms with van der Waals surface area (Å²) in [6.07, 6.45) is -0.816. The van der Waals surface area contributed by atoms with E-state index in [2.05, 4.69) is 15.3 Å². The summed E-state index contributed by atoms with van der Waals surface area (Å²) in [4.78, 5) is 31.6. The molecule has 0 radical (unpaired) electrons. The Morgan fingerprint density at radius 1 is 1.43 bits per heavy atom. The molecule has 0 aliphatic carbocycles. The fourth-order valence-electron chi connectivity index (χ4n) is 2.22. The monoisotopic (exact) mass is 321 g/mol. The van der Waals surface area contributed by atoms with Gasteiger partial charge in [0.15, 0.2) is 11.9 Å². The first-order valence-corrected chi connectivity index (χ1v) is 7.09. The smallest absolute Gasteiger partial charge is 0.449 e. The number of ether oxygens (including phenoxy) is 2.